The summed E-state index contributed by atoms with van der Waals surface area (Å²) >= 11 is 0. The highest BCUT2D eigenvalue weighted by atomic mass is 16.5. The number of para-hydroxylation sites is 1. The van der Waals surface area contributed by atoms with Crippen molar-refractivity contribution < 1.29 is 9.53 Å². The molecule has 0 bridgehead atoms. The molecule has 0 aromatic heterocycles. The molecule has 0 fully saturated rings. The van der Waals surface area contributed by atoms with Crippen molar-refractivity contribution in [1.82, 2.24) is 0 Å². The molecule has 0 radical (unpaired) electrons. The largest absolute Gasteiger partial charge is 0.457 e. The molecule has 0 amide bonds. The van der Waals surface area contributed by atoms with Crippen LogP contribution in [0.4, 0.5) is 0 Å². The van der Waals surface area contributed by atoms with Crippen LogP contribution < -0.4 is 4.74 Å². The van der Waals surface area contributed by atoms with Gasteiger partial charge in [0.05, 0.1) is 0 Å². The van der Waals surface area contributed by atoms with Crippen LogP contribution in [0.1, 0.15) is 24.0 Å². The first-order valence-electron chi connectivity index (χ1n) is 8.96. The molecule has 128 valence electrons. The zero-order chi connectivity index (χ0) is 17.8. The molecular formula is C24H20O2. The van der Waals surface area contributed by atoms with Gasteiger partial charge in [0.2, 0.25) is 0 Å². The summed E-state index contributed by atoms with van der Waals surface area (Å²) in [5.74, 6) is 1.49. The Bertz CT molecular complexity index is 940. The van der Waals surface area contributed by atoms with Crippen LogP contribution in [0.25, 0.3) is 16.9 Å². The van der Waals surface area contributed by atoms with E-state index in [1.165, 1.54) is 5.56 Å². The highest BCUT2D eigenvalue weighted by Crippen LogP contribution is 2.31. The number of aryl methyl sites for hydroxylation is 1. The second-order valence-corrected chi connectivity index (χ2v) is 6.48. The number of ether oxygens (including phenoxy) is 1. The fourth-order valence-corrected chi connectivity index (χ4v) is 3.28. The molecule has 0 saturated carbocycles. The molecule has 1 aliphatic rings. The van der Waals surface area contributed by atoms with E-state index in [1.807, 2.05) is 48.5 Å². The first-order valence-corrected chi connectivity index (χ1v) is 8.96. The predicted octanol–water partition coefficient (Wildman–Crippen LogP) is 5.68. The molecule has 1 aliphatic carbocycles. The first-order chi connectivity index (χ1) is 12.8. The van der Waals surface area contributed by atoms with Gasteiger partial charge in [-0.05, 0) is 47.7 Å². The minimum atomic E-state index is 0.117. The molecule has 0 atom stereocenters. The van der Waals surface area contributed by atoms with E-state index in [2.05, 4.69) is 30.3 Å². The summed E-state index contributed by atoms with van der Waals surface area (Å²) in [4.78, 5) is 12.2. The molecule has 0 N–H and O–H groups in total. The van der Waals surface area contributed by atoms with Gasteiger partial charge in [-0.3, -0.25) is 4.79 Å². The number of hydrogen-bond acceptors (Lipinski definition) is 2. The molecule has 0 heterocycles. The van der Waals surface area contributed by atoms with E-state index < -0.39 is 0 Å². The minimum Gasteiger partial charge on any atom is -0.457 e. The van der Waals surface area contributed by atoms with E-state index in [9.17, 15) is 4.79 Å². The van der Waals surface area contributed by atoms with Gasteiger partial charge in [-0.15, -0.1) is 0 Å². The van der Waals surface area contributed by atoms with Crippen LogP contribution in [0.5, 0.6) is 5.75 Å². The molecule has 2 heteroatoms. The zero-order valence-corrected chi connectivity index (χ0v) is 14.5. The lowest BCUT2D eigenvalue weighted by Gasteiger charge is -2.18. The third-order valence-electron chi connectivity index (χ3n) is 4.61. The smallest absolute Gasteiger partial charge is 0.159 e. The Morgan fingerprint density at radius 2 is 1.46 bits per heavy atom. The average molecular weight is 340 g/mol. The Morgan fingerprint density at radius 3 is 2.23 bits per heavy atom. The predicted molar refractivity (Wildman–Crippen MR) is 105 cm³/mol. The maximum absolute atomic E-state index is 12.2. The Balaban J connectivity index is 1.80. The molecule has 0 unspecified atom stereocenters. The number of rotatable bonds is 3. The van der Waals surface area contributed by atoms with Crippen molar-refractivity contribution in [2.75, 3.05) is 0 Å². The number of ketones is 1. The van der Waals surface area contributed by atoms with Crippen LogP contribution in [-0.4, -0.2) is 5.78 Å². The van der Waals surface area contributed by atoms with E-state index in [4.69, 9.17) is 4.74 Å². The summed E-state index contributed by atoms with van der Waals surface area (Å²) in [5, 5.41) is 0. The molecule has 3 aromatic carbocycles. The maximum Gasteiger partial charge on any atom is 0.159 e. The lowest BCUT2D eigenvalue weighted by atomic mass is 9.92. The van der Waals surface area contributed by atoms with Crippen molar-refractivity contribution in [3.8, 4) is 16.9 Å². The van der Waals surface area contributed by atoms with Crippen molar-refractivity contribution in [3.05, 3.63) is 96.1 Å². The molecular weight excluding hydrogens is 320 g/mol. The molecule has 3 aromatic rings. The monoisotopic (exact) mass is 340 g/mol. The maximum atomic E-state index is 12.2. The first kappa shape index (κ1) is 16.3. The van der Waals surface area contributed by atoms with Crippen LogP contribution in [-0.2, 0) is 11.2 Å². The molecule has 0 spiro atoms. The summed E-state index contributed by atoms with van der Waals surface area (Å²) < 4.78 is 6.12. The van der Waals surface area contributed by atoms with Gasteiger partial charge in [-0.25, -0.2) is 0 Å². The van der Waals surface area contributed by atoms with Gasteiger partial charge in [0, 0.05) is 18.1 Å². The quantitative estimate of drug-likeness (QED) is 0.613. The Labute approximate surface area is 153 Å². The van der Waals surface area contributed by atoms with Crippen molar-refractivity contribution in [1.29, 1.82) is 0 Å². The topological polar surface area (TPSA) is 26.3 Å². The summed E-state index contributed by atoms with van der Waals surface area (Å²) in [6.45, 7) is 0. The van der Waals surface area contributed by atoms with Crippen molar-refractivity contribution in [2.45, 2.75) is 19.3 Å². The SMILES string of the molecule is O=C1C=C(Oc2ccccc2)c2cc(-c3ccccc3)ccc2CCC1. The van der Waals surface area contributed by atoms with E-state index >= 15 is 0 Å². The lowest BCUT2D eigenvalue weighted by Crippen LogP contribution is -2.07. The molecule has 2 nitrogen and oxygen atoms in total. The third-order valence-corrected chi connectivity index (χ3v) is 4.61. The average Bonchev–Trinajstić information content (AvgIpc) is 2.68. The third kappa shape index (κ3) is 3.60. The van der Waals surface area contributed by atoms with Crippen molar-refractivity contribution in [2.24, 2.45) is 0 Å². The molecule has 0 saturated heterocycles. The van der Waals surface area contributed by atoms with Gasteiger partial charge in [0.15, 0.2) is 5.78 Å². The van der Waals surface area contributed by atoms with E-state index in [0.29, 0.717) is 12.2 Å². The molecule has 4 rings (SSSR count). The van der Waals surface area contributed by atoms with Crippen LogP contribution in [0.3, 0.4) is 0 Å². The summed E-state index contributed by atoms with van der Waals surface area (Å²) in [6.07, 6.45) is 3.96. The number of hydrogen-bond donors (Lipinski definition) is 0. The number of allylic oxidation sites excluding steroid dienone is 1. The summed E-state index contributed by atoms with van der Waals surface area (Å²) in [6, 6.07) is 26.4. The van der Waals surface area contributed by atoms with Gasteiger partial charge in [-0.2, -0.15) is 0 Å². The van der Waals surface area contributed by atoms with Crippen molar-refractivity contribution >= 4 is 11.5 Å². The highest BCUT2D eigenvalue weighted by molar-refractivity contribution is 5.96. The zero-order valence-electron chi connectivity index (χ0n) is 14.5. The minimum absolute atomic E-state index is 0.117. The summed E-state index contributed by atoms with van der Waals surface area (Å²) in [5.41, 5.74) is 4.50. The summed E-state index contributed by atoms with van der Waals surface area (Å²) in [7, 11) is 0. The second-order valence-electron chi connectivity index (χ2n) is 6.48. The number of carbonyl (C=O) groups excluding carboxylic acids is 1. The van der Waals surface area contributed by atoms with E-state index in [-0.39, 0.29) is 5.78 Å². The number of carbonyl (C=O) groups is 1. The fraction of sp³-hybridized carbons (Fsp3) is 0.125. The van der Waals surface area contributed by atoms with Gasteiger partial charge < -0.3 is 4.74 Å². The standard InChI is InChI=1S/C24H20O2/c25-21-11-7-10-19-14-15-20(18-8-3-1-4-9-18)16-23(19)24(17-21)26-22-12-5-2-6-13-22/h1-6,8-9,12-17H,7,10-11H2. The normalized spacial score (nSPS) is 14.0. The van der Waals surface area contributed by atoms with E-state index in [0.717, 1.165) is 35.3 Å². The van der Waals surface area contributed by atoms with Crippen LogP contribution in [0.2, 0.25) is 0 Å². The number of benzene rings is 3. The Kier molecular flexibility index (Phi) is 4.65. The molecule has 26 heavy (non-hydrogen) atoms. The lowest BCUT2D eigenvalue weighted by molar-refractivity contribution is -0.114. The fourth-order valence-electron chi connectivity index (χ4n) is 3.28. The van der Waals surface area contributed by atoms with Gasteiger partial charge >= 0.3 is 0 Å². The van der Waals surface area contributed by atoms with Gasteiger partial charge in [0.25, 0.3) is 0 Å². The number of fused-ring (bicyclic) bond motifs is 1. The van der Waals surface area contributed by atoms with Gasteiger partial charge in [-0.1, -0.05) is 60.7 Å². The van der Waals surface area contributed by atoms with Crippen molar-refractivity contribution in [3.63, 3.8) is 0 Å². The molecule has 0 aliphatic heterocycles. The second kappa shape index (κ2) is 7.40. The highest BCUT2D eigenvalue weighted by Gasteiger charge is 2.17. The Morgan fingerprint density at radius 1 is 0.731 bits per heavy atom. The van der Waals surface area contributed by atoms with Gasteiger partial charge in [0.1, 0.15) is 11.5 Å². The van der Waals surface area contributed by atoms with Crippen LogP contribution >= 0.6 is 0 Å². The van der Waals surface area contributed by atoms with Crippen LogP contribution in [0.15, 0.2) is 84.9 Å². The van der Waals surface area contributed by atoms with Crippen LogP contribution in [0, 0.1) is 0 Å². The van der Waals surface area contributed by atoms with E-state index in [1.54, 1.807) is 6.08 Å². The Hall–Kier alpha value is -3.13.